The molecule has 1 atom stereocenters. The third-order valence-electron chi connectivity index (χ3n) is 3.23. The van der Waals surface area contributed by atoms with E-state index in [4.69, 9.17) is 9.68 Å². The van der Waals surface area contributed by atoms with Gasteiger partial charge in [0, 0.05) is 18.6 Å². The summed E-state index contributed by atoms with van der Waals surface area (Å²) >= 11 is 1.51. The summed E-state index contributed by atoms with van der Waals surface area (Å²) < 4.78 is 5.03. The van der Waals surface area contributed by atoms with Crippen LogP contribution in [0.4, 0.5) is 0 Å². The molecular weight excluding hydrogens is 326 g/mol. The average molecular weight is 343 g/mol. The second-order valence-corrected chi connectivity index (χ2v) is 6.03. The van der Waals surface area contributed by atoms with Crippen molar-refractivity contribution in [2.24, 2.45) is 0 Å². The molecule has 1 aromatic heterocycles. The summed E-state index contributed by atoms with van der Waals surface area (Å²) in [6.07, 6.45) is 3.15. The summed E-state index contributed by atoms with van der Waals surface area (Å²) in [5, 5.41) is 11.5. The Labute approximate surface area is 144 Å². The van der Waals surface area contributed by atoms with Gasteiger partial charge < -0.3 is 9.73 Å². The Morgan fingerprint density at radius 1 is 1.29 bits per heavy atom. The molecule has 124 valence electrons. The molecule has 0 radical (unpaired) electrons. The monoisotopic (exact) mass is 343 g/mol. The van der Waals surface area contributed by atoms with Gasteiger partial charge in [-0.25, -0.2) is 0 Å². The minimum absolute atomic E-state index is 0.125. The van der Waals surface area contributed by atoms with E-state index in [1.165, 1.54) is 31.1 Å². The largest absolute Gasteiger partial charge is 0.459 e. The molecule has 0 bridgehead atoms. The fourth-order valence-corrected chi connectivity index (χ4v) is 2.97. The number of rotatable bonds is 7. The number of benzene rings is 1. The molecule has 7 heteroatoms. The summed E-state index contributed by atoms with van der Waals surface area (Å²) in [7, 11) is 1.37. The molecule has 0 fully saturated rings. The second-order valence-electron chi connectivity index (χ2n) is 5.00. The minimum Gasteiger partial charge on any atom is -0.459 e. The topological polar surface area (TPSA) is 86.3 Å². The summed E-state index contributed by atoms with van der Waals surface area (Å²) in [6, 6.07) is 12.1. The van der Waals surface area contributed by atoms with E-state index in [1.54, 1.807) is 12.3 Å². The number of hydrogen-bond donors (Lipinski definition) is 1. The highest BCUT2D eigenvalue weighted by molar-refractivity contribution is 7.98. The number of thioether (sulfide) groups is 1. The SMILES string of the molecule is CN(C#N)C(=O)[C@H](CSCc1ccccc1)NC(=O)c1ccco1. The highest BCUT2D eigenvalue weighted by Gasteiger charge is 2.25. The van der Waals surface area contributed by atoms with Crippen molar-refractivity contribution in [1.29, 1.82) is 5.26 Å². The molecule has 2 amide bonds. The number of furan rings is 1. The van der Waals surface area contributed by atoms with Crippen LogP contribution in [0.2, 0.25) is 0 Å². The molecule has 0 spiro atoms. The van der Waals surface area contributed by atoms with Gasteiger partial charge in [0.1, 0.15) is 6.04 Å². The van der Waals surface area contributed by atoms with Gasteiger partial charge in [0.15, 0.2) is 12.0 Å². The van der Waals surface area contributed by atoms with Crippen LogP contribution in [0.1, 0.15) is 16.1 Å². The Bertz CT molecular complexity index is 710. The van der Waals surface area contributed by atoms with Crippen LogP contribution < -0.4 is 5.32 Å². The number of nitrogens with zero attached hydrogens (tertiary/aromatic N) is 2. The molecular formula is C17H17N3O3S. The fraction of sp³-hybridized carbons (Fsp3) is 0.235. The zero-order valence-corrected chi connectivity index (χ0v) is 14.0. The van der Waals surface area contributed by atoms with Gasteiger partial charge in [-0.3, -0.25) is 14.5 Å². The van der Waals surface area contributed by atoms with Gasteiger partial charge in [0.05, 0.1) is 6.26 Å². The molecule has 0 aliphatic carbocycles. The standard InChI is InChI=1S/C17H17N3O3S/c1-20(12-18)17(22)14(19-16(21)15-8-5-9-23-15)11-24-10-13-6-3-2-4-7-13/h2-9,14H,10-11H2,1H3,(H,19,21)/t14-/m0/s1. The van der Waals surface area contributed by atoms with Crippen molar-refractivity contribution in [3.63, 3.8) is 0 Å². The molecule has 0 unspecified atom stereocenters. The summed E-state index contributed by atoms with van der Waals surface area (Å²) in [5.41, 5.74) is 1.12. The van der Waals surface area contributed by atoms with Crippen molar-refractivity contribution < 1.29 is 14.0 Å². The van der Waals surface area contributed by atoms with Crippen molar-refractivity contribution in [1.82, 2.24) is 10.2 Å². The van der Waals surface area contributed by atoms with Crippen LogP contribution in [0.5, 0.6) is 0 Å². The highest BCUT2D eigenvalue weighted by Crippen LogP contribution is 2.14. The lowest BCUT2D eigenvalue weighted by Crippen LogP contribution is -2.47. The van der Waals surface area contributed by atoms with E-state index in [9.17, 15) is 9.59 Å². The Balaban J connectivity index is 1.98. The lowest BCUT2D eigenvalue weighted by molar-refractivity contribution is -0.128. The van der Waals surface area contributed by atoms with E-state index in [1.807, 2.05) is 30.3 Å². The predicted molar refractivity (Wildman–Crippen MR) is 90.9 cm³/mol. The first kappa shape index (κ1) is 17.6. The van der Waals surface area contributed by atoms with E-state index in [-0.39, 0.29) is 5.76 Å². The zero-order chi connectivity index (χ0) is 17.4. The second kappa shape index (κ2) is 8.79. The Morgan fingerprint density at radius 2 is 2.04 bits per heavy atom. The van der Waals surface area contributed by atoms with Crippen LogP contribution in [-0.2, 0) is 10.5 Å². The molecule has 0 saturated carbocycles. The van der Waals surface area contributed by atoms with Crippen LogP contribution in [0.3, 0.4) is 0 Å². The Hall–Kier alpha value is -2.72. The van der Waals surface area contributed by atoms with E-state index in [0.29, 0.717) is 11.5 Å². The number of carbonyl (C=O) groups excluding carboxylic acids is 2. The number of likely N-dealkylation sites (N-methyl/N-ethyl adjacent to an activating group) is 1. The van der Waals surface area contributed by atoms with Gasteiger partial charge in [-0.2, -0.15) is 17.0 Å². The van der Waals surface area contributed by atoms with Crippen molar-refractivity contribution >= 4 is 23.6 Å². The molecule has 0 saturated heterocycles. The smallest absolute Gasteiger partial charge is 0.287 e. The van der Waals surface area contributed by atoms with Crippen molar-refractivity contribution in [3.8, 4) is 6.19 Å². The maximum absolute atomic E-state index is 12.3. The fourth-order valence-electron chi connectivity index (χ4n) is 1.96. The summed E-state index contributed by atoms with van der Waals surface area (Å²) in [5.74, 6) is 0.243. The Kier molecular flexibility index (Phi) is 6.46. The van der Waals surface area contributed by atoms with Crippen molar-refractivity contribution in [2.75, 3.05) is 12.8 Å². The third-order valence-corrected chi connectivity index (χ3v) is 4.33. The minimum atomic E-state index is -0.805. The van der Waals surface area contributed by atoms with Gasteiger partial charge >= 0.3 is 0 Å². The molecule has 1 heterocycles. The molecule has 1 aromatic carbocycles. The highest BCUT2D eigenvalue weighted by atomic mass is 32.2. The molecule has 24 heavy (non-hydrogen) atoms. The van der Waals surface area contributed by atoms with Crippen LogP contribution in [0.15, 0.2) is 53.1 Å². The number of nitriles is 1. The van der Waals surface area contributed by atoms with E-state index in [2.05, 4.69) is 5.32 Å². The normalized spacial score (nSPS) is 11.3. The van der Waals surface area contributed by atoms with Crippen LogP contribution in [0.25, 0.3) is 0 Å². The Morgan fingerprint density at radius 3 is 2.67 bits per heavy atom. The summed E-state index contributed by atoms with van der Waals surface area (Å²) in [6.45, 7) is 0. The molecule has 2 rings (SSSR count). The molecule has 6 nitrogen and oxygen atoms in total. The van der Waals surface area contributed by atoms with Crippen molar-refractivity contribution in [3.05, 3.63) is 60.1 Å². The van der Waals surface area contributed by atoms with Crippen molar-refractivity contribution in [2.45, 2.75) is 11.8 Å². The maximum atomic E-state index is 12.3. The molecule has 2 aromatic rings. The molecule has 1 N–H and O–H groups in total. The predicted octanol–water partition coefficient (Wildman–Crippen LogP) is 2.25. The summed E-state index contributed by atoms with van der Waals surface area (Å²) in [4.78, 5) is 25.3. The lowest BCUT2D eigenvalue weighted by atomic mass is 10.2. The van der Waals surface area contributed by atoms with Gasteiger partial charge in [-0.15, -0.1) is 0 Å². The third kappa shape index (κ3) is 4.89. The first-order valence-electron chi connectivity index (χ1n) is 7.25. The van der Waals surface area contributed by atoms with E-state index >= 15 is 0 Å². The van der Waals surface area contributed by atoms with Gasteiger partial charge in [-0.1, -0.05) is 30.3 Å². The van der Waals surface area contributed by atoms with Gasteiger partial charge in [0.25, 0.3) is 11.8 Å². The number of amides is 2. The lowest BCUT2D eigenvalue weighted by Gasteiger charge is -2.19. The van der Waals surface area contributed by atoms with Crippen LogP contribution in [-0.4, -0.2) is 35.6 Å². The quantitative estimate of drug-likeness (QED) is 0.615. The first-order chi connectivity index (χ1) is 11.6. The van der Waals surface area contributed by atoms with Gasteiger partial charge in [-0.05, 0) is 17.7 Å². The average Bonchev–Trinajstić information content (AvgIpc) is 3.15. The molecule has 0 aliphatic rings. The zero-order valence-electron chi connectivity index (χ0n) is 13.1. The van der Waals surface area contributed by atoms with E-state index in [0.717, 1.165) is 10.5 Å². The molecule has 0 aliphatic heterocycles. The van der Waals surface area contributed by atoms with Gasteiger partial charge in [0.2, 0.25) is 0 Å². The van der Waals surface area contributed by atoms with Crippen LogP contribution in [0, 0.1) is 11.5 Å². The first-order valence-corrected chi connectivity index (χ1v) is 8.40. The van der Waals surface area contributed by atoms with Crippen LogP contribution >= 0.6 is 11.8 Å². The number of carbonyl (C=O) groups is 2. The number of hydrogen-bond acceptors (Lipinski definition) is 5. The maximum Gasteiger partial charge on any atom is 0.287 e. The number of nitrogens with one attached hydrogen (secondary N) is 1. The van der Waals surface area contributed by atoms with E-state index < -0.39 is 17.9 Å².